The molecule has 0 spiro atoms. The van der Waals surface area contributed by atoms with Crippen molar-refractivity contribution < 1.29 is 23.8 Å². The number of hydrogen-bond donors (Lipinski definition) is 1. The molecule has 8 heteroatoms. The van der Waals surface area contributed by atoms with Crippen LogP contribution in [-0.2, 0) is 16.0 Å². The number of amides is 1. The van der Waals surface area contributed by atoms with Crippen molar-refractivity contribution in [1.82, 2.24) is 9.80 Å². The Balaban J connectivity index is 1.70. The van der Waals surface area contributed by atoms with Crippen molar-refractivity contribution in [2.75, 3.05) is 46.5 Å². The summed E-state index contributed by atoms with van der Waals surface area (Å²) in [4.78, 5) is 18.6. The highest BCUT2D eigenvalue weighted by Gasteiger charge is 2.33. The molecule has 0 unspecified atom stereocenters. The van der Waals surface area contributed by atoms with Gasteiger partial charge in [0, 0.05) is 38.2 Å². The monoisotopic (exact) mass is 490 g/mol. The van der Waals surface area contributed by atoms with Crippen molar-refractivity contribution in [2.45, 2.75) is 37.8 Å². The van der Waals surface area contributed by atoms with E-state index in [2.05, 4.69) is 6.58 Å². The van der Waals surface area contributed by atoms with Gasteiger partial charge in [0.2, 0.25) is 5.91 Å². The van der Waals surface area contributed by atoms with E-state index in [0.29, 0.717) is 32.7 Å². The molecule has 1 N–H and O–H groups in total. The molecule has 0 aliphatic carbocycles. The standard InChI is InChI=1S/C26H35FN2O4S/c1-3-4-8-20(30)17-28(13-7-15-32-2)18-26(31)29-14-11-25-21(12-16-34-25)23(29)19-33-24-10-6-5-9-22(24)27/h3,5-6,9-10,12,16,20,23,30H,1,4,7-8,11,13-15,17-19H2,2H3/t20-,23+/m0/s1. The van der Waals surface area contributed by atoms with Gasteiger partial charge in [0.05, 0.1) is 18.7 Å². The Labute approximate surface area is 205 Å². The van der Waals surface area contributed by atoms with E-state index < -0.39 is 11.9 Å². The first-order valence-electron chi connectivity index (χ1n) is 11.8. The zero-order chi connectivity index (χ0) is 24.3. The van der Waals surface area contributed by atoms with Crippen LogP contribution in [0.2, 0.25) is 0 Å². The van der Waals surface area contributed by atoms with Gasteiger partial charge in [-0.05, 0) is 54.8 Å². The normalized spacial score (nSPS) is 16.4. The summed E-state index contributed by atoms with van der Waals surface area (Å²) in [5, 5.41) is 12.5. The number of allylic oxidation sites excluding steroid dienone is 1. The Hall–Kier alpha value is -2.26. The second kappa shape index (κ2) is 13.6. The van der Waals surface area contributed by atoms with Crippen LogP contribution < -0.4 is 4.74 Å². The van der Waals surface area contributed by atoms with E-state index in [1.165, 1.54) is 10.9 Å². The Morgan fingerprint density at radius 2 is 2.24 bits per heavy atom. The number of thiophene rings is 1. The van der Waals surface area contributed by atoms with Crippen molar-refractivity contribution in [3.8, 4) is 5.75 Å². The van der Waals surface area contributed by atoms with E-state index in [0.717, 1.165) is 24.8 Å². The molecule has 0 saturated heterocycles. The van der Waals surface area contributed by atoms with Crippen LogP contribution in [0.15, 0.2) is 48.4 Å². The molecule has 0 fully saturated rings. The molecule has 0 radical (unpaired) electrons. The zero-order valence-corrected chi connectivity index (χ0v) is 20.6. The van der Waals surface area contributed by atoms with E-state index in [1.54, 1.807) is 42.7 Å². The molecule has 1 aromatic heterocycles. The smallest absolute Gasteiger partial charge is 0.237 e. The molecular formula is C26H35FN2O4S. The number of carbonyl (C=O) groups excluding carboxylic acids is 1. The van der Waals surface area contributed by atoms with Crippen LogP contribution in [0.1, 0.15) is 35.7 Å². The molecule has 0 bridgehead atoms. The largest absolute Gasteiger partial charge is 0.488 e. The summed E-state index contributed by atoms with van der Waals surface area (Å²) < 4.78 is 25.1. The Bertz CT molecular complexity index is 922. The maximum atomic E-state index is 14.1. The van der Waals surface area contributed by atoms with Crippen molar-refractivity contribution in [1.29, 1.82) is 0 Å². The summed E-state index contributed by atoms with van der Waals surface area (Å²) in [5.41, 5.74) is 1.07. The van der Waals surface area contributed by atoms with E-state index in [9.17, 15) is 14.3 Å². The molecule has 0 saturated carbocycles. The molecule has 6 nitrogen and oxygen atoms in total. The summed E-state index contributed by atoms with van der Waals surface area (Å²) in [6.45, 7) is 6.34. The van der Waals surface area contributed by atoms with Crippen LogP contribution in [0.4, 0.5) is 4.39 Å². The van der Waals surface area contributed by atoms with Crippen LogP contribution >= 0.6 is 11.3 Å². The quantitative estimate of drug-likeness (QED) is 0.320. The number of carbonyl (C=O) groups is 1. The molecule has 3 rings (SSSR count). The van der Waals surface area contributed by atoms with Gasteiger partial charge in [-0.3, -0.25) is 9.69 Å². The Morgan fingerprint density at radius 1 is 1.41 bits per heavy atom. The molecule has 2 atom stereocenters. The first-order chi connectivity index (χ1) is 16.5. The minimum absolute atomic E-state index is 0.0210. The third-order valence-electron chi connectivity index (χ3n) is 6.00. The lowest BCUT2D eigenvalue weighted by Gasteiger charge is -2.37. The number of ether oxygens (including phenoxy) is 2. The molecule has 1 aromatic carbocycles. The third kappa shape index (κ3) is 7.37. The minimum atomic E-state index is -0.529. The molecule has 1 aliphatic heterocycles. The lowest BCUT2D eigenvalue weighted by atomic mass is 10.0. The van der Waals surface area contributed by atoms with Gasteiger partial charge < -0.3 is 19.5 Å². The van der Waals surface area contributed by atoms with Gasteiger partial charge in [0.15, 0.2) is 11.6 Å². The maximum Gasteiger partial charge on any atom is 0.237 e. The van der Waals surface area contributed by atoms with Gasteiger partial charge in [-0.25, -0.2) is 4.39 Å². The van der Waals surface area contributed by atoms with Gasteiger partial charge >= 0.3 is 0 Å². The predicted octanol–water partition coefficient (Wildman–Crippen LogP) is 4.06. The van der Waals surface area contributed by atoms with Gasteiger partial charge in [-0.2, -0.15) is 0 Å². The fourth-order valence-electron chi connectivity index (χ4n) is 4.25. The molecule has 1 aliphatic rings. The van der Waals surface area contributed by atoms with Crippen LogP contribution in [0.25, 0.3) is 0 Å². The average Bonchev–Trinajstić information content (AvgIpc) is 3.31. The fraction of sp³-hybridized carbons (Fsp3) is 0.500. The molecule has 186 valence electrons. The van der Waals surface area contributed by atoms with Crippen LogP contribution in [0.5, 0.6) is 5.75 Å². The topological polar surface area (TPSA) is 62.2 Å². The molecule has 34 heavy (non-hydrogen) atoms. The second-order valence-electron chi connectivity index (χ2n) is 8.49. The summed E-state index contributed by atoms with van der Waals surface area (Å²) in [7, 11) is 1.65. The van der Waals surface area contributed by atoms with Crippen molar-refractivity contribution in [3.05, 3.63) is 64.6 Å². The minimum Gasteiger partial charge on any atom is -0.488 e. The summed E-state index contributed by atoms with van der Waals surface area (Å²) >= 11 is 1.68. The van der Waals surface area contributed by atoms with Gasteiger partial charge in [-0.15, -0.1) is 17.9 Å². The molecule has 1 amide bonds. The number of aliphatic hydroxyl groups is 1. The number of para-hydroxylation sites is 1. The highest BCUT2D eigenvalue weighted by atomic mass is 32.1. The van der Waals surface area contributed by atoms with Crippen molar-refractivity contribution in [2.24, 2.45) is 0 Å². The second-order valence-corrected chi connectivity index (χ2v) is 9.50. The van der Waals surface area contributed by atoms with Crippen LogP contribution in [0, 0.1) is 5.82 Å². The number of aliphatic hydroxyl groups excluding tert-OH is 1. The lowest BCUT2D eigenvalue weighted by molar-refractivity contribution is -0.136. The van der Waals surface area contributed by atoms with Crippen molar-refractivity contribution in [3.63, 3.8) is 0 Å². The highest BCUT2D eigenvalue weighted by Crippen LogP contribution is 2.34. The summed E-state index contributed by atoms with van der Waals surface area (Å²) in [6, 6.07) is 8.06. The van der Waals surface area contributed by atoms with Gasteiger partial charge in [-0.1, -0.05) is 18.2 Å². The summed E-state index contributed by atoms with van der Waals surface area (Å²) in [5.74, 6) is -0.254. The molecule has 2 heterocycles. The zero-order valence-electron chi connectivity index (χ0n) is 19.8. The predicted molar refractivity (Wildman–Crippen MR) is 133 cm³/mol. The van der Waals surface area contributed by atoms with E-state index >= 15 is 0 Å². The SMILES string of the molecule is C=CCC[C@H](O)CN(CCCOC)CC(=O)N1CCc2sccc2[C@H]1COc1ccccc1F. The van der Waals surface area contributed by atoms with E-state index in [1.807, 2.05) is 21.2 Å². The third-order valence-corrected chi connectivity index (χ3v) is 7.00. The average molecular weight is 491 g/mol. The number of methoxy groups -OCH3 is 1. The first-order valence-corrected chi connectivity index (χ1v) is 12.6. The number of hydrogen-bond acceptors (Lipinski definition) is 6. The lowest BCUT2D eigenvalue weighted by Crippen LogP contribution is -2.48. The highest BCUT2D eigenvalue weighted by molar-refractivity contribution is 7.10. The Kier molecular flexibility index (Phi) is 10.5. The fourth-order valence-corrected chi connectivity index (χ4v) is 5.18. The van der Waals surface area contributed by atoms with E-state index in [4.69, 9.17) is 9.47 Å². The van der Waals surface area contributed by atoms with E-state index in [-0.39, 0.29) is 30.9 Å². The number of benzene rings is 1. The van der Waals surface area contributed by atoms with Gasteiger partial charge in [0.25, 0.3) is 0 Å². The van der Waals surface area contributed by atoms with Gasteiger partial charge in [0.1, 0.15) is 6.61 Å². The van der Waals surface area contributed by atoms with Crippen LogP contribution in [-0.4, -0.2) is 73.4 Å². The summed E-state index contributed by atoms with van der Waals surface area (Å²) in [6.07, 6.45) is 4.16. The van der Waals surface area contributed by atoms with Crippen LogP contribution in [0.3, 0.4) is 0 Å². The first kappa shape index (κ1) is 26.3. The number of nitrogens with zero attached hydrogens (tertiary/aromatic N) is 2. The Morgan fingerprint density at radius 3 is 3.00 bits per heavy atom. The van der Waals surface area contributed by atoms with Crippen molar-refractivity contribution >= 4 is 17.2 Å². The molecule has 2 aromatic rings. The number of halogens is 1. The maximum absolute atomic E-state index is 14.1. The number of rotatable bonds is 14. The molecular weight excluding hydrogens is 455 g/mol. The number of fused-ring (bicyclic) bond motifs is 1.